The molecule has 1 fully saturated rings. The minimum Gasteiger partial charge on any atom is -0.457 e. The van der Waals surface area contributed by atoms with Crippen LogP contribution in [-0.2, 0) is 33.3 Å². The van der Waals surface area contributed by atoms with Crippen LogP contribution >= 0.6 is 0 Å². The Morgan fingerprint density at radius 3 is 1.03 bits per heavy atom. The monoisotopic (exact) mass is 1020 g/mol. The maximum absolute atomic E-state index is 13.2. The van der Waals surface area contributed by atoms with Crippen LogP contribution in [0.3, 0.4) is 0 Å². The summed E-state index contributed by atoms with van der Waals surface area (Å²) >= 11 is 0. The lowest BCUT2D eigenvalue weighted by Crippen LogP contribution is -2.46. The topological polar surface area (TPSA) is 149 Å². The van der Waals surface area contributed by atoms with Crippen molar-refractivity contribution in [2.45, 2.75) is 315 Å². The van der Waals surface area contributed by atoms with Gasteiger partial charge in [0.2, 0.25) is 0 Å². The van der Waals surface area contributed by atoms with Gasteiger partial charge in [0.25, 0.3) is 0 Å². The number of aliphatic hydroxyl groups excluding tert-OH is 3. The molecule has 3 N–H and O–H groups in total. The Labute approximate surface area is 442 Å². The van der Waals surface area contributed by atoms with Crippen molar-refractivity contribution >= 4 is 17.9 Å². The van der Waals surface area contributed by atoms with Crippen LogP contribution in [-0.4, -0.2) is 84.1 Å². The molecule has 422 valence electrons. The minimum atomic E-state index is -1.03. The molecule has 1 saturated heterocycles. The molecule has 10 nitrogen and oxygen atoms in total. The van der Waals surface area contributed by atoms with E-state index in [1.807, 2.05) is 0 Å². The largest absolute Gasteiger partial charge is 0.457 e. The fourth-order valence-electron chi connectivity index (χ4n) is 9.06. The zero-order valence-corrected chi connectivity index (χ0v) is 47.0. The zero-order chi connectivity index (χ0) is 52.6. The number of ether oxygens (including phenoxy) is 4. The first kappa shape index (κ1) is 69.5. The van der Waals surface area contributed by atoms with Crippen molar-refractivity contribution in [2.24, 2.45) is 0 Å². The molecule has 1 heterocycles. The van der Waals surface area contributed by atoms with E-state index in [2.05, 4.69) is 57.2 Å². The molecule has 1 rings (SSSR count). The van der Waals surface area contributed by atoms with Gasteiger partial charge in [-0.1, -0.05) is 211 Å². The van der Waals surface area contributed by atoms with Gasteiger partial charge >= 0.3 is 17.9 Å². The van der Waals surface area contributed by atoms with E-state index in [0.717, 1.165) is 103 Å². The van der Waals surface area contributed by atoms with Gasteiger partial charge in [-0.05, 0) is 96.3 Å². The van der Waals surface area contributed by atoms with E-state index in [1.165, 1.54) is 135 Å². The number of esters is 3. The number of unbranched alkanes of at least 4 members (excludes halogenated alkanes) is 33. The highest BCUT2D eigenvalue weighted by Crippen LogP contribution is 2.27. The van der Waals surface area contributed by atoms with E-state index in [-0.39, 0.29) is 45.1 Å². The first-order valence-corrected chi connectivity index (χ1v) is 30.4. The second kappa shape index (κ2) is 56.2. The quantitative estimate of drug-likeness (QED) is 0.0233. The first-order chi connectivity index (χ1) is 35.4. The van der Waals surface area contributed by atoms with Crippen LogP contribution in [0.4, 0.5) is 0 Å². The maximum atomic E-state index is 13.2. The number of carbonyl (C=O) groups is 3. The molecule has 4 atom stereocenters. The van der Waals surface area contributed by atoms with Gasteiger partial charge in [0.05, 0.1) is 26.4 Å². The highest BCUT2D eigenvalue weighted by molar-refractivity contribution is 5.71. The Morgan fingerprint density at radius 1 is 0.417 bits per heavy atom. The van der Waals surface area contributed by atoms with Gasteiger partial charge in [0, 0.05) is 19.3 Å². The smallest absolute Gasteiger partial charge is 0.306 e. The Kier molecular flexibility index (Phi) is 54.2. The Morgan fingerprint density at radius 2 is 0.708 bits per heavy atom. The van der Waals surface area contributed by atoms with Gasteiger partial charge in [-0.15, -0.1) is 0 Å². The zero-order valence-electron chi connectivity index (χ0n) is 47.0. The van der Waals surface area contributed by atoms with E-state index in [0.29, 0.717) is 12.8 Å². The lowest BCUT2D eigenvalue weighted by Gasteiger charge is -2.28. The summed E-state index contributed by atoms with van der Waals surface area (Å²) in [5, 5.41) is 25.6. The predicted molar refractivity (Wildman–Crippen MR) is 299 cm³/mol. The third kappa shape index (κ3) is 46.0. The molecule has 0 bridgehead atoms. The molecule has 0 spiro atoms. The number of hydrogen-bond donors (Lipinski definition) is 3. The van der Waals surface area contributed by atoms with Crippen LogP contribution in [0.2, 0.25) is 0 Å². The molecule has 1 aliphatic rings. The van der Waals surface area contributed by atoms with Crippen LogP contribution < -0.4 is 0 Å². The van der Waals surface area contributed by atoms with Crippen molar-refractivity contribution in [3.05, 3.63) is 36.5 Å². The van der Waals surface area contributed by atoms with Crippen molar-refractivity contribution in [1.82, 2.24) is 0 Å². The summed E-state index contributed by atoms with van der Waals surface area (Å²) < 4.78 is 23.6. The van der Waals surface area contributed by atoms with Crippen molar-refractivity contribution in [3.8, 4) is 0 Å². The summed E-state index contributed by atoms with van der Waals surface area (Å²) in [4.78, 5) is 39.3. The molecular formula is C62H114O10. The van der Waals surface area contributed by atoms with Crippen LogP contribution in [0.1, 0.15) is 290 Å². The Balaban J connectivity index is 0.0000121. The van der Waals surface area contributed by atoms with E-state index in [9.17, 15) is 19.5 Å². The number of rotatable bonds is 51. The van der Waals surface area contributed by atoms with Crippen LogP contribution in [0.15, 0.2) is 36.5 Å². The second-order valence-electron chi connectivity index (χ2n) is 20.4. The third-order valence-corrected chi connectivity index (χ3v) is 13.6. The second-order valence-corrected chi connectivity index (χ2v) is 20.4. The van der Waals surface area contributed by atoms with E-state index < -0.39 is 43.0 Å². The summed E-state index contributed by atoms with van der Waals surface area (Å²) in [7, 11) is 0. The van der Waals surface area contributed by atoms with E-state index in [1.54, 1.807) is 0 Å². The Hall–Kier alpha value is -2.53. The van der Waals surface area contributed by atoms with E-state index in [4.69, 9.17) is 29.2 Å². The molecule has 72 heavy (non-hydrogen) atoms. The number of aliphatic hydroxyl groups is 3. The summed E-state index contributed by atoms with van der Waals surface area (Å²) in [6.45, 7) is 6.05. The van der Waals surface area contributed by atoms with Gasteiger partial charge in [0.1, 0.15) is 6.10 Å². The molecule has 0 aromatic carbocycles. The fraction of sp³-hybridized carbons (Fsp3) is 0.855. The number of hydrogen-bond acceptors (Lipinski definition) is 10. The molecule has 0 unspecified atom stereocenters. The van der Waals surface area contributed by atoms with E-state index >= 15 is 0 Å². The number of allylic oxidation sites excluding steroid dienone is 6. The average molecular weight is 1020 g/mol. The summed E-state index contributed by atoms with van der Waals surface area (Å²) in [5.74, 6) is -1.15. The minimum absolute atomic E-state index is 0.0103. The summed E-state index contributed by atoms with van der Waals surface area (Å²) in [5.41, 5.74) is 0. The maximum Gasteiger partial charge on any atom is 0.306 e. The first-order valence-electron chi connectivity index (χ1n) is 30.4. The van der Waals surface area contributed by atoms with Crippen LogP contribution in [0.25, 0.3) is 0 Å². The van der Waals surface area contributed by atoms with Crippen molar-refractivity contribution in [1.29, 1.82) is 0 Å². The average Bonchev–Trinajstić information content (AvgIpc) is 3.76. The molecule has 0 aliphatic carbocycles. The van der Waals surface area contributed by atoms with Gasteiger partial charge in [-0.2, -0.15) is 0 Å². The molecule has 1 aliphatic heterocycles. The molecule has 0 saturated carbocycles. The standard InChI is InChI=1S/C60H108O8.C2H6O2/c1-4-7-10-13-16-19-22-25-28-31-34-37-40-43-46-49-56(62)66-54(52-61)59-60(68-58(64)51-48-45-42-39-36-33-30-27-24-21-18-15-12-9-6-3)55(53-65-59)67-57(63)50-47-44-41-38-35-32-29-26-23-20-17-14-11-8-5-2;3-1-2-4/h25-30,54-55,59-61H,4-24,31-53H2,1-3H3;3-4H,1-2H2/t54-,55+,59-,60-;/m1./s1. The van der Waals surface area contributed by atoms with Crippen molar-refractivity contribution in [3.63, 3.8) is 0 Å². The van der Waals surface area contributed by atoms with Gasteiger partial charge in [0.15, 0.2) is 18.3 Å². The predicted octanol–water partition coefficient (Wildman–Crippen LogP) is 16.2. The normalized spacial score (nSPS) is 16.2. The molecule has 0 radical (unpaired) electrons. The van der Waals surface area contributed by atoms with Gasteiger partial charge in [-0.3, -0.25) is 14.4 Å². The lowest BCUT2D eigenvalue weighted by atomic mass is 10.1. The SMILES string of the molecule is CCCCCCCCC=CCCCCCCCC(=O)O[C@H]1[C@@H]([C@@H](CO)OC(=O)CCCCCCCC=CCCCCCCCC)OC[C@@H]1OC(=O)CCCCCCCC=CCCCCCCCC.OCCO. The highest BCUT2D eigenvalue weighted by Gasteiger charge is 2.47. The molecular weight excluding hydrogens is 905 g/mol. The molecule has 0 aromatic heterocycles. The molecule has 0 amide bonds. The van der Waals surface area contributed by atoms with Crippen molar-refractivity contribution in [2.75, 3.05) is 26.4 Å². The highest BCUT2D eigenvalue weighted by atomic mass is 16.6. The van der Waals surface area contributed by atoms with Crippen molar-refractivity contribution < 1.29 is 48.7 Å². The third-order valence-electron chi connectivity index (χ3n) is 13.6. The molecule has 0 aromatic rings. The fourth-order valence-corrected chi connectivity index (χ4v) is 9.06. The Bertz CT molecular complexity index is 1260. The summed E-state index contributed by atoms with van der Waals surface area (Å²) in [6.07, 6.45) is 56.9. The van der Waals surface area contributed by atoms with Crippen LogP contribution in [0, 0.1) is 0 Å². The lowest BCUT2D eigenvalue weighted by molar-refractivity contribution is -0.175. The number of carbonyl (C=O) groups excluding carboxylic acids is 3. The molecule has 10 heteroatoms. The van der Waals surface area contributed by atoms with Gasteiger partial charge in [-0.25, -0.2) is 0 Å². The van der Waals surface area contributed by atoms with Crippen LogP contribution in [0.5, 0.6) is 0 Å². The van der Waals surface area contributed by atoms with Gasteiger partial charge < -0.3 is 34.3 Å². The summed E-state index contributed by atoms with van der Waals surface area (Å²) in [6, 6.07) is 0.